The number of carbonyl (C=O) groups is 1. The zero-order valence-electron chi connectivity index (χ0n) is 7.44. The molecule has 72 valence electrons. The maximum Gasteiger partial charge on any atom is 0.211 e. The molecule has 14 heavy (non-hydrogen) atoms. The molecule has 1 aromatic carbocycles. The van der Waals surface area contributed by atoms with E-state index in [1.165, 1.54) is 17.4 Å². The normalized spacial score (nSPS) is 10.4. The second kappa shape index (κ2) is 3.26. The third-order valence-corrected chi connectivity index (χ3v) is 2.85. The van der Waals surface area contributed by atoms with E-state index in [0.29, 0.717) is 12.1 Å². The molecule has 2 aromatic rings. The monoisotopic (exact) mass is 208 g/mol. The first-order chi connectivity index (χ1) is 6.72. The molecule has 0 aliphatic heterocycles. The van der Waals surface area contributed by atoms with Crippen molar-refractivity contribution in [3.63, 3.8) is 0 Å². The summed E-state index contributed by atoms with van der Waals surface area (Å²) in [5.41, 5.74) is 1.22. The number of amides is 1. The minimum absolute atomic E-state index is 0.0632. The maximum absolute atomic E-state index is 10.3. The van der Waals surface area contributed by atoms with Crippen molar-refractivity contribution < 1.29 is 9.90 Å². The number of thiazole rings is 1. The second-order valence-corrected chi connectivity index (χ2v) is 4.01. The number of rotatable bonds is 2. The van der Waals surface area contributed by atoms with E-state index in [4.69, 9.17) is 0 Å². The highest BCUT2D eigenvalue weighted by Gasteiger charge is 2.09. The Kier molecular flexibility index (Phi) is 2.09. The summed E-state index contributed by atoms with van der Waals surface area (Å²) < 4.78 is 0.801. The molecule has 0 spiro atoms. The number of nitrogens with zero attached hydrogens (tertiary/aromatic N) is 1. The Morgan fingerprint density at radius 3 is 3.07 bits per heavy atom. The van der Waals surface area contributed by atoms with E-state index in [9.17, 15) is 9.90 Å². The van der Waals surface area contributed by atoms with Crippen molar-refractivity contribution in [1.29, 1.82) is 0 Å². The van der Waals surface area contributed by atoms with Crippen LogP contribution in [0.15, 0.2) is 12.1 Å². The highest BCUT2D eigenvalue weighted by atomic mass is 32.1. The molecule has 1 heterocycles. The van der Waals surface area contributed by atoms with Crippen LogP contribution in [-0.4, -0.2) is 16.5 Å². The van der Waals surface area contributed by atoms with Crippen LogP contribution in [0.1, 0.15) is 5.01 Å². The van der Waals surface area contributed by atoms with Gasteiger partial charge in [0.05, 0.1) is 15.2 Å². The van der Waals surface area contributed by atoms with Crippen LogP contribution < -0.4 is 5.32 Å². The lowest BCUT2D eigenvalue weighted by molar-refractivity contribution is -0.105. The van der Waals surface area contributed by atoms with Gasteiger partial charge in [0.25, 0.3) is 0 Å². The highest BCUT2D eigenvalue weighted by molar-refractivity contribution is 7.19. The molecule has 1 amide bonds. The van der Waals surface area contributed by atoms with Crippen molar-refractivity contribution in [2.24, 2.45) is 0 Å². The molecule has 0 radical (unpaired) electrons. The standard InChI is InChI=1S/C9H8N2O2S/c1-5-11-6-2-3-7(13)8(10-4-12)9(6)14-5/h2-4,13H,1H3,(H,10,12). The maximum atomic E-state index is 10.3. The van der Waals surface area contributed by atoms with E-state index in [-0.39, 0.29) is 5.75 Å². The van der Waals surface area contributed by atoms with Crippen LogP contribution in [0.5, 0.6) is 5.75 Å². The number of fused-ring (bicyclic) bond motifs is 1. The number of hydrogen-bond acceptors (Lipinski definition) is 4. The van der Waals surface area contributed by atoms with Crippen molar-refractivity contribution in [3.8, 4) is 5.75 Å². The summed E-state index contributed by atoms with van der Waals surface area (Å²) >= 11 is 1.44. The molecule has 0 aliphatic rings. The molecule has 2 rings (SSSR count). The number of hydrogen-bond donors (Lipinski definition) is 2. The molecule has 2 N–H and O–H groups in total. The van der Waals surface area contributed by atoms with Crippen molar-refractivity contribution >= 4 is 33.7 Å². The lowest BCUT2D eigenvalue weighted by Gasteiger charge is -2.02. The molecule has 5 heteroatoms. The zero-order chi connectivity index (χ0) is 10.1. The predicted molar refractivity (Wildman–Crippen MR) is 55.7 cm³/mol. The lowest BCUT2D eigenvalue weighted by Crippen LogP contribution is -1.93. The summed E-state index contributed by atoms with van der Waals surface area (Å²) in [7, 11) is 0. The third-order valence-electron chi connectivity index (χ3n) is 1.85. The number of phenolic OH excluding ortho intramolecular Hbond substituents is 1. The molecule has 0 saturated heterocycles. The minimum Gasteiger partial charge on any atom is -0.506 e. The first kappa shape index (κ1) is 8.96. The van der Waals surface area contributed by atoms with Crippen LogP contribution in [-0.2, 0) is 4.79 Å². The number of carbonyl (C=O) groups excluding carboxylic acids is 1. The van der Waals surface area contributed by atoms with E-state index < -0.39 is 0 Å². The smallest absolute Gasteiger partial charge is 0.211 e. The van der Waals surface area contributed by atoms with Crippen molar-refractivity contribution in [2.75, 3.05) is 5.32 Å². The molecule has 4 nitrogen and oxygen atoms in total. The average molecular weight is 208 g/mol. The predicted octanol–water partition coefficient (Wildman–Crippen LogP) is 1.88. The Bertz CT molecular complexity index is 493. The van der Waals surface area contributed by atoms with Gasteiger partial charge in [-0.05, 0) is 19.1 Å². The molecular formula is C9H8N2O2S. The molecule has 0 saturated carbocycles. The van der Waals surface area contributed by atoms with Crippen LogP contribution >= 0.6 is 11.3 Å². The fourth-order valence-electron chi connectivity index (χ4n) is 1.29. The first-order valence-electron chi connectivity index (χ1n) is 4.01. The van der Waals surface area contributed by atoms with Gasteiger partial charge in [-0.25, -0.2) is 4.98 Å². The lowest BCUT2D eigenvalue weighted by atomic mass is 10.2. The van der Waals surface area contributed by atoms with E-state index in [1.807, 2.05) is 6.92 Å². The van der Waals surface area contributed by atoms with Crippen LogP contribution in [0.2, 0.25) is 0 Å². The first-order valence-corrected chi connectivity index (χ1v) is 4.83. The topological polar surface area (TPSA) is 62.2 Å². The zero-order valence-corrected chi connectivity index (χ0v) is 8.26. The average Bonchev–Trinajstić information content (AvgIpc) is 2.51. The largest absolute Gasteiger partial charge is 0.506 e. The fraction of sp³-hybridized carbons (Fsp3) is 0.111. The van der Waals surface area contributed by atoms with Gasteiger partial charge < -0.3 is 10.4 Å². The Labute approximate surface area is 84.2 Å². The van der Waals surface area contributed by atoms with Gasteiger partial charge in [0.15, 0.2) is 0 Å². The van der Waals surface area contributed by atoms with Crippen LogP contribution in [0, 0.1) is 6.92 Å². The highest BCUT2D eigenvalue weighted by Crippen LogP contribution is 2.35. The molecule has 0 atom stereocenters. The van der Waals surface area contributed by atoms with Gasteiger partial charge in [0.1, 0.15) is 11.4 Å². The molecular weight excluding hydrogens is 200 g/mol. The quantitative estimate of drug-likeness (QED) is 0.585. The van der Waals surface area contributed by atoms with E-state index in [0.717, 1.165) is 15.2 Å². The Morgan fingerprint density at radius 1 is 1.57 bits per heavy atom. The Morgan fingerprint density at radius 2 is 2.36 bits per heavy atom. The molecule has 0 fully saturated rings. The van der Waals surface area contributed by atoms with Crippen molar-refractivity contribution in [2.45, 2.75) is 6.92 Å². The molecule has 0 bridgehead atoms. The van der Waals surface area contributed by atoms with E-state index in [2.05, 4.69) is 10.3 Å². The SMILES string of the molecule is Cc1nc2ccc(O)c(NC=O)c2s1. The van der Waals surface area contributed by atoms with Gasteiger partial charge in [-0.15, -0.1) is 11.3 Å². The number of phenols is 1. The summed E-state index contributed by atoms with van der Waals surface area (Å²) in [6.45, 7) is 1.88. The summed E-state index contributed by atoms with van der Waals surface area (Å²) in [5, 5.41) is 12.9. The van der Waals surface area contributed by atoms with Crippen LogP contribution in [0.4, 0.5) is 5.69 Å². The minimum atomic E-state index is 0.0632. The Balaban J connectivity index is 2.74. The number of benzene rings is 1. The van der Waals surface area contributed by atoms with E-state index >= 15 is 0 Å². The van der Waals surface area contributed by atoms with Gasteiger partial charge in [0, 0.05) is 0 Å². The van der Waals surface area contributed by atoms with Gasteiger partial charge >= 0.3 is 0 Å². The number of aromatic nitrogens is 1. The van der Waals surface area contributed by atoms with Gasteiger partial charge in [-0.3, -0.25) is 4.79 Å². The molecule has 0 aliphatic carbocycles. The summed E-state index contributed by atoms with van der Waals surface area (Å²) in [4.78, 5) is 14.6. The second-order valence-electron chi connectivity index (χ2n) is 2.80. The summed E-state index contributed by atoms with van der Waals surface area (Å²) in [5.74, 6) is 0.0632. The molecule has 1 aromatic heterocycles. The number of nitrogens with one attached hydrogen (secondary N) is 1. The molecule has 0 unspecified atom stereocenters. The fourth-order valence-corrected chi connectivity index (χ4v) is 2.21. The number of aryl methyl sites for hydroxylation is 1. The number of aromatic hydroxyl groups is 1. The Hall–Kier alpha value is -1.62. The van der Waals surface area contributed by atoms with E-state index in [1.54, 1.807) is 6.07 Å². The van der Waals surface area contributed by atoms with Gasteiger partial charge in [-0.2, -0.15) is 0 Å². The number of anilines is 1. The van der Waals surface area contributed by atoms with Crippen molar-refractivity contribution in [3.05, 3.63) is 17.1 Å². The van der Waals surface area contributed by atoms with Gasteiger partial charge in [0.2, 0.25) is 6.41 Å². The summed E-state index contributed by atoms with van der Waals surface area (Å²) in [6.07, 6.45) is 0.545. The third kappa shape index (κ3) is 1.31. The van der Waals surface area contributed by atoms with Gasteiger partial charge in [-0.1, -0.05) is 0 Å². The van der Waals surface area contributed by atoms with Crippen LogP contribution in [0.25, 0.3) is 10.2 Å². The van der Waals surface area contributed by atoms with Crippen LogP contribution in [0.3, 0.4) is 0 Å². The summed E-state index contributed by atoms with van der Waals surface area (Å²) in [6, 6.07) is 3.25. The van der Waals surface area contributed by atoms with Crippen molar-refractivity contribution in [1.82, 2.24) is 4.98 Å².